The third-order valence-corrected chi connectivity index (χ3v) is 11.1. The molecule has 0 bridgehead atoms. The molecule has 49 heavy (non-hydrogen) atoms. The van der Waals surface area contributed by atoms with E-state index in [2.05, 4.69) is 24.9 Å². The molecule has 0 radical (unpaired) electrons. The zero-order valence-corrected chi connectivity index (χ0v) is 29.0. The minimum Gasteiger partial charge on any atom is -0.388 e. The number of aromatic nitrogens is 2. The number of aliphatic hydroxyl groups is 1. The highest BCUT2D eigenvalue weighted by atomic mass is 35.5. The third-order valence-electron chi connectivity index (χ3n) is 9.44. The Morgan fingerprint density at radius 3 is 2.45 bits per heavy atom. The lowest BCUT2D eigenvalue weighted by Gasteiger charge is -2.37. The molecule has 2 aliphatic rings. The van der Waals surface area contributed by atoms with Crippen LogP contribution in [-0.4, -0.2) is 81.0 Å². The second-order valence-corrected chi connectivity index (χ2v) is 14.6. The van der Waals surface area contributed by atoms with Crippen molar-refractivity contribution < 1.29 is 31.8 Å². The Morgan fingerprint density at radius 1 is 1.00 bits per heavy atom. The fraction of sp³-hybridized carbons (Fsp3) is 0.429. The summed E-state index contributed by atoms with van der Waals surface area (Å²) in [6, 6.07) is 10.3. The molecule has 10 nitrogen and oxygen atoms in total. The normalized spacial score (nSPS) is 19.4. The van der Waals surface area contributed by atoms with Crippen LogP contribution in [0, 0.1) is 11.6 Å². The fourth-order valence-electron chi connectivity index (χ4n) is 6.89. The van der Waals surface area contributed by atoms with E-state index in [-0.39, 0.29) is 21.5 Å². The van der Waals surface area contributed by atoms with Crippen molar-refractivity contribution in [1.82, 2.24) is 14.9 Å². The lowest BCUT2D eigenvalue weighted by molar-refractivity contribution is 0.0726. The number of anilines is 2. The van der Waals surface area contributed by atoms with Crippen LogP contribution in [0.2, 0.25) is 5.02 Å². The summed E-state index contributed by atoms with van der Waals surface area (Å²) in [4.78, 5) is 11.4. The molecule has 4 aromatic rings. The van der Waals surface area contributed by atoms with Gasteiger partial charge in [-0.2, -0.15) is 0 Å². The van der Waals surface area contributed by atoms with Gasteiger partial charge in [0.1, 0.15) is 5.82 Å². The van der Waals surface area contributed by atoms with Crippen molar-refractivity contribution in [2.45, 2.75) is 61.6 Å². The first-order chi connectivity index (χ1) is 23.6. The summed E-state index contributed by atoms with van der Waals surface area (Å²) < 4.78 is 70.8. The highest BCUT2D eigenvalue weighted by Crippen LogP contribution is 2.39. The van der Waals surface area contributed by atoms with Gasteiger partial charge in [-0.15, -0.1) is 0 Å². The minimum absolute atomic E-state index is 0.128. The van der Waals surface area contributed by atoms with Crippen LogP contribution in [-0.2, 0) is 25.9 Å². The van der Waals surface area contributed by atoms with Gasteiger partial charge in [-0.05, 0) is 91.6 Å². The van der Waals surface area contributed by atoms with Gasteiger partial charge < -0.3 is 19.9 Å². The number of methoxy groups -OCH3 is 2. The minimum atomic E-state index is -4.33. The Morgan fingerprint density at radius 2 is 1.73 bits per heavy atom. The number of halogens is 3. The van der Waals surface area contributed by atoms with Crippen LogP contribution in [0.25, 0.3) is 22.0 Å². The molecule has 0 amide bonds. The molecule has 0 aliphatic heterocycles. The molecular formula is C35H40ClF2N5O5S. The van der Waals surface area contributed by atoms with Gasteiger partial charge in [0.15, 0.2) is 5.82 Å². The molecule has 1 unspecified atom stereocenters. The monoisotopic (exact) mass is 715 g/mol. The SMILES string of the molecule is COCCN(CCOC)C1CCC(Nc2ncc3cc(-c4c(F)ccc(NS(=O)(=O)c5cc(Cl)cc6c5CCC6O)c4F)ccc3n2)CC1. The second-order valence-electron chi connectivity index (χ2n) is 12.6. The molecule has 2 aliphatic carbocycles. The van der Waals surface area contributed by atoms with E-state index in [1.165, 1.54) is 12.1 Å². The van der Waals surface area contributed by atoms with Crippen molar-refractivity contribution in [3.63, 3.8) is 0 Å². The third kappa shape index (κ3) is 7.82. The predicted octanol–water partition coefficient (Wildman–Crippen LogP) is 6.33. The summed E-state index contributed by atoms with van der Waals surface area (Å²) in [6.45, 7) is 3.08. The van der Waals surface area contributed by atoms with Crippen LogP contribution in [0.4, 0.5) is 20.4 Å². The van der Waals surface area contributed by atoms with Gasteiger partial charge in [-0.1, -0.05) is 17.7 Å². The average Bonchev–Trinajstić information content (AvgIpc) is 3.46. The van der Waals surface area contributed by atoms with Crippen molar-refractivity contribution in [1.29, 1.82) is 0 Å². The van der Waals surface area contributed by atoms with E-state index in [9.17, 15) is 13.5 Å². The fourth-order valence-corrected chi connectivity index (χ4v) is 8.56. The first-order valence-corrected chi connectivity index (χ1v) is 18.2. The predicted molar refractivity (Wildman–Crippen MR) is 185 cm³/mol. The van der Waals surface area contributed by atoms with Crippen molar-refractivity contribution >= 4 is 44.2 Å². The number of nitrogens with zero attached hydrogens (tertiary/aromatic N) is 3. The maximum Gasteiger partial charge on any atom is 0.262 e. The number of rotatable bonds is 13. The largest absolute Gasteiger partial charge is 0.388 e. The number of nitrogens with one attached hydrogen (secondary N) is 2. The van der Waals surface area contributed by atoms with Gasteiger partial charge in [-0.3, -0.25) is 9.62 Å². The standard InChI is InChI=1S/C35H40ClF2N5O5S/c1-47-15-13-43(14-16-48-2)25-6-4-24(5-7-25)40-35-39-20-22-17-21(3-10-29(22)41-35)33-28(37)9-11-30(34(33)38)42-49(45,46)32-19-23(36)18-27-26(32)8-12-31(27)44/h3,9-11,17-20,24-25,31,42,44H,4-8,12-16H2,1-2H3,(H,39,40,41). The zero-order valence-electron chi connectivity index (χ0n) is 27.4. The Hall–Kier alpha value is -3.46. The molecule has 1 heterocycles. The van der Waals surface area contributed by atoms with Gasteiger partial charge in [-0.25, -0.2) is 27.2 Å². The lowest BCUT2D eigenvalue weighted by atomic mass is 9.90. The van der Waals surface area contributed by atoms with Crippen molar-refractivity contribution in [3.05, 3.63) is 76.4 Å². The van der Waals surface area contributed by atoms with Gasteiger partial charge in [0.2, 0.25) is 5.95 Å². The van der Waals surface area contributed by atoms with Crippen LogP contribution < -0.4 is 10.0 Å². The average molecular weight is 716 g/mol. The number of benzene rings is 3. The van der Waals surface area contributed by atoms with E-state index in [0.717, 1.165) is 50.9 Å². The molecule has 3 aromatic carbocycles. The molecule has 14 heteroatoms. The molecule has 3 N–H and O–H groups in total. The summed E-state index contributed by atoms with van der Waals surface area (Å²) in [7, 11) is -0.910. The van der Waals surface area contributed by atoms with Gasteiger partial charge in [0, 0.05) is 56.0 Å². The summed E-state index contributed by atoms with van der Waals surface area (Å²) in [5.41, 5.74) is 0.828. The number of ether oxygens (including phenoxy) is 2. The summed E-state index contributed by atoms with van der Waals surface area (Å²) in [5, 5.41) is 14.4. The molecule has 1 aromatic heterocycles. The zero-order chi connectivity index (χ0) is 34.7. The van der Waals surface area contributed by atoms with Crippen LogP contribution in [0.1, 0.15) is 49.3 Å². The molecule has 1 fully saturated rings. The first-order valence-electron chi connectivity index (χ1n) is 16.3. The highest BCUT2D eigenvalue weighted by Gasteiger charge is 2.31. The Labute approximate surface area is 289 Å². The van der Waals surface area contributed by atoms with E-state index < -0.39 is 39.0 Å². The quantitative estimate of drug-likeness (QED) is 0.146. The summed E-state index contributed by atoms with van der Waals surface area (Å²) in [5.74, 6) is -1.45. The van der Waals surface area contributed by atoms with E-state index in [1.54, 1.807) is 38.6 Å². The van der Waals surface area contributed by atoms with Gasteiger partial charge >= 0.3 is 0 Å². The molecule has 0 spiro atoms. The highest BCUT2D eigenvalue weighted by molar-refractivity contribution is 7.92. The Bertz CT molecular complexity index is 1920. The number of hydrogen-bond acceptors (Lipinski definition) is 9. The van der Waals surface area contributed by atoms with E-state index >= 15 is 8.78 Å². The summed E-state index contributed by atoms with van der Waals surface area (Å²) in [6.07, 6.45) is 5.41. The summed E-state index contributed by atoms with van der Waals surface area (Å²) >= 11 is 6.16. The van der Waals surface area contributed by atoms with Crippen molar-refractivity contribution in [2.75, 3.05) is 50.6 Å². The number of sulfonamides is 1. The molecular weight excluding hydrogens is 676 g/mol. The first kappa shape index (κ1) is 35.4. The van der Waals surface area contributed by atoms with E-state index in [1.807, 2.05) is 0 Å². The second kappa shape index (κ2) is 15.2. The van der Waals surface area contributed by atoms with Crippen LogP contribution in [0.15, 0.2) is 53.6 Å². The van der Waals surface area contributed by atoms with Gasteiger partial charge in [0.25, 0.3) is 10.0 Å². The van der Waals surface area contributed by atoms with Crippen molar-refractivity contribution in [2.24, 2.45) is 0 Å². The molecule has 0 saturated heterocycles. The smallest absolute Gasteiger partial charge is 0.262 e. The lowest BCUT2D eigenvalue weighted by Crippen LogP contribution is -2.43. The van der Waals surface area contributed by atoms with Crippen LogP contribution in [0.3, 0.4) is 0 Å². The van der Waals surface area contributed by atoms with E-state index in [0.29, 0.717) is 60.1 Å². The number of fused-ring (bicyclic) bond motifs is 2. The van der Waals surface area contributed by atoms with Crippen LogP contribution >= 0.6 is 11.6 Å². The molecule has 262 valence electrons. The van der Waals surface area contributed by atoms with Crippen LogP contribution in [0.5, 0.6) is 0 Å². The number of hydrogen-bond donors (Lipinski definition) is 3. The van der Waals surface area contributed by atoms with Crippen molar-refractivity contribution in [3.8, 4) is 11.1 Å². The van der Waals surface area contributed by atoms with E-state index in [4.69, 9.17) is 21.1 Å². The molecule has 6 rings (SSSR count). The molecule has 1 atom stereocenters. The maximum atomic E-state index is 15.9. The topological polar surface area (TPSA) is 126 Å². The Kier molecular flexibility index (Phi) is 11.0. The maximum absolute atomic E-state index is 15.9. The van der Waals surface area contributed by atoms with Gasteiger partial charge in [0.05, 0.1) is 41.0 Å². The Balaban J connectivity index is 1.17. The molecule has 1 saturated carbocycles. The number of aliphatic hydroxyl groups excluding tert-OH is 1.